The van der Waals surface area contributed by atoms with Crippen LogP contribution in [0.2, 0.25) is 0 Å². The van der Waals surface area contributed by atoms with Gasteiger partial charge in [0.25, 0.3) is 0 Å². The standard InChI is InChI=1S/C24H25N3O5/c28-15-17(29)12-27-11-10-26(14-21(27)30)13-19-22(24(31)32)18-8-4-5-9-20(18)25-23(19)16-6-2-1-3-7-16/h1-9,17,28-29H,10-15H2,(H,31,32). The number of hydrogen-bond acceptors (Lipinski definition) is 6. The smallest absolute Gasteiger partial charge is 0.336 e. The van der Waals surface area contributed by atoms with Crippen molar-refractivity contribution in [3.05, 3.63) is 65.7 Å². The van der Waals surface area contributed by atoms with Crippen LogP contribution in [0.3, 0.4) is 0 Å². The van der Waals surface area contributed by atoms with E-state index in [9.17, 15) is 19.8 Å². The lowest BCUT2D eigenvalue weighted by molar-refractivity contribution is -0.138. The molecule has 1 aliphatic rings. The van der Waals surface area contributed by atoms with Crippen molar-refractivity contribution in [1.29, 1.82) is 0 Å². The fourth-order valence-electron chi connectivity index (χ4n) is 4.11. The first-order valence-electron chi connectivity index (χ1n) is 10.5. The number of hydrogen-bond donors (Lipinski definition) is 3. The first kappa shape index (κ1) is 21.9. The molecule has 0 saturated carbocycles. The molecule has 166 valence electrons. The number of benzene rings is 2. The first-order valence-corrected chi connectivity index (χ1v) is 10.5. The van der Waals surface area contributed by atoms with Crippen molar-refractivity contribution in [3.8, 4) is 11.3 Å². The number of nitrogens with zero attached hydrogens (tertiary/aromatic N) is 3. The fraction of sp³-hybridized carbons (Fsp3) is 0.292. The van der Waals surface area contributed by atoms with Gasteiger partial charge in [-0.2, -0.15) is 0 Å². The maximum Gasteiger partial charge on any atom is 0.336 e. The average Bonchev–Trinajstić information content (AvgIpc) is 2.80. The van der Waals surface area contributed by atoms with E-state index < -0.39 is 18.7 Å². The minimum atomic E-state index is -1.04. The highest BCUT2D eigenvalue weighted by atomic mass is 16.4. The third-order valence-electron chi connectivity index (χ3n) is 5.68. The molecule has 32 heavy (non-hydrogen) atoms. The molecule has 1 saturated heterocycles. The molecule has 1 amide bonds. The second kappa shape index (κ2) is 9.44. The van der Waals surface area contributed by atoms with Crippen LogP contribution in [0.4, 0.5) is 0 Å². The fourth-order valence-corrected chi connectivity index (χ4v) is 4.11. The van der Waals surface area contributed by atoms with E-state index >= 15 is 0 Å². The number of rotatable bonds is 7. The lowest BCUT2D eigenvalue weighted by atomic mass is 9.96. The van der Waals surface area contributed by atoms with Crippen LogP contribution < -0.4 is 0 Å². The van der Waals surface area contributed by atoms with Gasteiger partial charge in [0.15, 0.2) is 0 Å². The topological polar surface area (TPSA) is 114 Å². The minimum absolute atomic E-state index is 0.0797. The summed E-state index contributed by atoms with van der Waals surface area (Å²) in [6.07, 6.45) is -0.974. The second-order valence-corrected chi connectivity index (χ2v) is 7.89. The maximum absolute atomic E-state index is 12.6. The number of aromatic nitrogens is 1. The van der Waals surface area contributed by atoms with E-state index in [4.69, 9.17) is 10.1 Å². The number of aliphatic hydroxyl groups is 2. The van der Waals surface area contributed by atoms with Gasteiger partial charge in [0.05, 0.1) is 36.0 Å². The van der Waals surface area contributed by atoms with Crippen molar-refractivity contribution in [2.24, 2.45) is 0 Å². The molecular weight excluding hydrogens is 410 g/mol. The molecule has 0 spiro atoms. The second-order valence-electron chi connectivity index (χ2n) is 7.89. The van der Waals surface area contributed by atoms with Crippen molar-refractivity contribution < 1.29 is 24.9 Å². The Morgan fingerprint density at radius 2 is 1.78 bits per heavy atom. The van der Waals surface area contributed by atoms with Crippen molar-refractivity contribution in [1.82, 2.24) is 14.8 Å². The summed E-state index contributed by atoms with van der Waals surface area (Å²) >= 11 is 0. The number of aromatic carboxylic acids is 1. The summed E-state index contributed by atoms with van der Waals surface area (Å²) in [4.78, 5) is 33.2. The molecule has 3 aromatic rings. The van der Waals surface area contributed by atoms with E-state index in [0.717, 1.165) is 5.56 Å². The van der Waals surface area contributed by atoms with Gasteiger partial charge in [-0.1, -0.05) is 48.5 Å². The van der Waals surface area contributed by atoms with E-state index in [1.807, 2.05) is 41.3 Å². The van der Waals surface area contributed by atoms with Gasteiger partial charge in [0, 0.05) is 42.7 Å². The number of para-hydroxylation sites is 1. The molecule has 1 aliphatic heterocycles. The van der Waals surface area contributed by atoms with Gasteiger partial charge in [-0.15, -0.1) is 0 Å². The minimum Gasteiger partial charge on any atom is -0.478 e. The van der Waals surface area contributed by atoms with Crippen molar-refractivity contribution in [3.63, 3.8) is 0 Å². The van der Waals surface area contributed by atoms with Crippen molar-refractivity contribution >= 4 is 22.8 Å². The highest BCUT2D eigenvalue weighted by Crippen LogP contribution is 2.31. The van der Waals surface area contributed by atoms with Crippen LogP contribution in [0, 0.1) is 0 Å². The first-order chi connectivity index (χ1) is 15.5. The molecule has 0 aliphatic carbocycles. The normalized spacial score (nSPS) is 15.8. The molecule has 1 aromatic heterocycles. The molecular formula is C24H25N3O5. The number of fused-ring (bicyclic) bond motifs is 1. The predicted molar refractivity (Wildman–Crippen MR) is 119 cm³/mol. The lowest BCUT2D eigenvalue weighted by Gasteiger charge is -2.35. The number of carboxylic acid groups (broad SMARTS) is 1. The van der Waals surface area contributed by atoms with E-state index in [1.165, 1.54) is 4.90 Å². The number of piperazine rings is 1. The zero-order valence-corrected chi connectivity index (χ0v) is 17.5. The van der Waals surface area contributed by atoms with Gasteiger partial charge >= 0.3 is 5.97 Å². The van der Waals surface area contributed by atoms with Gasteiger partial charge in [-0.25, -0.2) is 9.78 Å². The van der Waals surface area contributed by atoms with Crippen LogP contribution in [0.1, 0.15) is 15.9 Å². The van der Waals surface area contributed by atoms with Crippen LogP contribution in [-0.2, 0) is 11.3 Å². The van der Waals surface area contributed by atoms with Crippen LogP contribution >= 0.6 is 0 Å². The van der Waals surface area contributed by atoms with E-state index in [-0.39, 0.29) is 31.1 Å². The van der Waals surface area contributed by atoms with Crippen LogP contribution in [0.5, 0.6) is 0 Å². The molecule has 8 heteroatoms. The SMILES string of the molecule is O=C(O)c1c(CN2CCN(CC(O)CO)C(=O)C2)c(-c2ccccc2)nc2ccccc12. The van der Waals surface area contributed by atoms with Crippen LogP contribution in [0.25, 0.3) is 22.2 Å². The summed E-state index contributed by atoms with van der Waals surface area (Å²) in [6.45, 7) is 0.934. The predicted octanol–water partition coefficient (Wildman–Crippen LogP) is 1.60. The number of carbonyl (C=O) groups is 2. The Kier molecular flexibility index (Phi) is 6.45. The Labute approximate surface area is 185 Å². The number of β-amino-alcohol motifs (C(OH)–C–C–N with tert-alkyl or cyclic N) is 1. The molecule has 1 unspecified atom stereocenters. The Balaban J connectivity index is 1.72. The third kappa shape index (κ3) is 4.47. The van der Waals surface area contributed by atoms with Gasteiger partial charge in [-0.3, -0.25) is 9.69 Å². The number of carboxylic acids is 1. The quantitative estimate of drug-likeness (QED) is 0.516. The Hall–Kier alpha value is -3.33. The number of pyridine rings is 1. The van der Waals surface area contributed by atoms with E-state index in [2.05, 4.69) is 0 Å². The summed E-state index contributed by atoms with van der Waals surface area (Å²) in [6, 6.07) is 16.6. The van der Waals surface area contributed by atoms with Gasteiger partial charge < -0.3 is 20.2 Å². The zero-order chi connectivity index (χ0) is 22.7. The van der Waals surface area contributed by atoms with Crippen LogP contribution in [-0.4, -0.2) is 80.9 Å². The summed E-state index contributed by atoms with van der Waals surface area (Å²) in [5.41, 5.74) is 2.77. The Bertz CT molecular complexity index is 1140. The summed E-state index contributed by atoms with van der Waals surface area (Å²) in [7, 11) is 0. The van der Waals surface area contributed by atoms with Crippen molar-refractivity contribution in [2.75, 3.05) is 32.8 Å². The molecule has 4 rings (SSSR count). The Morgan fingerprint density at radius 1 is 1.06 bits per heavy atom. The molecule has 2 heterocycles. The molecule has 1 fully saturated rings. The number of amides is 1. The third-order valence-corrected chi connectivity index (χ3v) is 5.68. The molecule has 1 atom stereocenters. The average molecular weight is 435 g/mol. The van der Waals surface area contributed by atoms with Gasteiger partial charge in [-0.05, 0) is 6.07 Å². The van der Waals surface area contributed by atoms with Gasteiger partial charge in [0.2, 0.25) is 5.91 Å². The molecule has 8 nitrogen and oxygen atoms in total. The van der Waals surface area contributed by atoms with Gasteiger partial charge in [0.1, 0.15) is 0 Å². The summed E-state index contributed by atoms with van der Waals surface area (Å²) in [5, 5.41) is 29.4. The molecule has 3 N–H and O–H groups in total. The molecule has 0 bridgehead atoms. The number of carbonyl (C=O) groups excluding carboxylic acids is 1. The summed E-state index contributed by atoms with van der Waals surface area (Å²) < 4.78 is 0. The number of aliphatic hydroxyl groups excluding tert-OH is 2. The lowest BCUT2D eigenvalue weighted by Crippen LogP contribution is -2.52. The van der Waals surface area contributed by atoms with Crippen molar-refractivity contribution in [2.45, 2.75) is 12.6 Å². The zero-order valence-electron chi connectivity index (χ0n) is 17.5. The largest absolute Gasteiger partial charge is 0.478 e. The maximum atomic E-state index is 12.6. The highest BCUT2D eigenvalue weighted by Gasteiger charge is 2.28. The molecule has 0 radical (unpaired) electrons. The Morgan fingerprint density at radius 3 is 2.47 bits per heavy atom. The van der Waals surface area contributed by atoms with E-state index in [0.29, 0.717) is 35.2 Å². The highest BCUT2D eigenvalue weighted by molar-refractivity contribution is 6.05. The molecule has 2 aromatic carbocycles. The van der Waals surface area contributed by atoms with Crippen LogP contribution in [0.15, 0.2) is 54.6 Å². The monoisotopic (exact) mass is 435 g/mol. The summed E-state index contributed by atoms with van der Waals surface area (Å²) in [5.74, 6) is -1.21. The van der Waals surface area contributed by atoms with E-state index in [1.54, 1.807) is 18.2 Å².